The number of carbonyl (C=O) groups excluding carboxylic acids is 2. The lowest BCUT2D eigenvalue weighted by molar-refractivity contribution is -0.148. The van der Waals surface area contributed by atoms with Crippen molar-refractivity contribution in [3.8, 4) is 0 Å². The van der Waals surface area contributed by atoms with Crippen LogP contribution in [0.3, 0.4) is 0 Å². The molecule has 1 aromatic heterocycles. The molecule has 29 heavy (non-hydrogen) atoms. The number of hydrogen-bond acceptors (Lipinski definition) is 4. The number of aromatic nitrogens is 1. The third-order valence-electron chi connectivity index (χ3n) is 7.45. The number of aryl methyl sites for hydroxylation is 2. The van der Waals surface area contributed by atoms with E-state index in [2.05, 4.69) is 20.5 Å². The molecule has 1 aliphatic carbocycles. The number of nitrogens with zero attached hydrogens (tertiary/aromatic N) is 1. The molecule has 1 aromatic rings. The molecule has 4 atom stereocenters. The minimum atomic E-state index is -0.327. The molecule has 4 aliphatic rings. The van der Waals surface area contributed by atoms with Crippen molar-refractivity contribution in [2.24, 2.45) is 11.8 Å². The Bertz CT molecular complexity index is 879. The van der Waals surface area contributed by atoms with E-state index in [0.29, 0.717) is 24.8 Å². The first-order valence-corrected chi connectivity index (χ1v) is 11.2. The van der Waals surface area contributed by atoms with Gasteiger partial charge in [0.1, 0.15) is 5.56 Å². The van der Waals surface area contributed by atoms with E-state index in [0.717, 1.165) is 69.3 Å². The molecule has 3 fully saturated rings. The molecule has 7 heteroatoms. The van der Waals surface area contributed by atoms with Crippen molar-refractivity contribution in [2.75, 3.05) is 19.6 Å². The molecule has 3 N–H and O–H groups in total. The molecule has 5 rings (SSSR count). The van der Waals surface area contributed by atoms with Gasteiger partial charge < -0.3 is 20.5 Å². The number of aromatic amines is 1. The summed E-state index contributed by atoms with van der Waals surface area (Å²) in [5.41, 5.74) is 1.95. The Morgan fingerprint density at radius 1 is 1.10 bits per heavy atom. The van der Waals surface area contributed by atoms with E-state index in [9.17, 15) is 14.4 Å². The van der Waals surface area contributed by atoms with Gasteiger partial charge in [-0.3, -0.25) is 14.4 Å². The molecule has 0 radical (unpaired) electrons. The number of pyridine rings is 1. The van der Waals surface area contributed by atoms with Crippen LogP contribution >= 0.6 is 0 Å². The summed E-state index contributed by atoms with van der Waals surface area (Å²) in [6.45, 7) is 2.28. The maximum atomic E-state index is 12.9. The summed E-state index contributed by atoms with van der Waals surface area (Å²) in [5, 5.41) is 6.51. The fourth-order valence-electron chi connectivity index (χ4n) is 6.03. The third kappa shape index (κ3) is 3.39. The van der Waals surface area contributed by atoms with Crippen molar-refractivity contribution in [1.82, 2.24) is 20.5 Å². The lowest BCUT2D eigenvalue weighted by Gasteiger charge is -2.54. The van der Waals surface area contributed by atoms with Crippen molar-refractivity contribution in [3.63, 3.8) is 0 Å². The predicted molar refractivity (Wildman–Crippen MR) is 109 cm³/mol. The van der Waals surface area contributed by atoms with Crippen LogP contribution in [0.2, 0.25) is 0 Å². The van der Waals surface area contributed by atoms with Crippen LogP contribution in [0.1, 0.15) is 60.1 Å². The van der Waals surface area contributed by atoms with Gasteiger partial charge in [-0.05, 0) is 75.0 Å². The minimum absolute atomic E-state index is 0.0116. The van der Waals surface area contributed by atoms with Crippen molar-refractivity contribution in [2.45, 2.75) is 63.5 Å². The first kappa shape index (κ1) is 18.9. The number of nitrogens with one attached hydrogen (secondary N) is 3. The van der Waals surface area contributed by atoms with Gasteiger partial charge in [-0.2, -0.15) is 0 Å². The number of hydrogen-bond donors (Lipinski definition) is 3. The average molecular weight is 399 g/mol. The second-order valence-electron chi connectivity index (χ2n) is 9.18. The lowest BCUT2D eigenvalue weighted by atomic mass is 9.72. The molecule has 3 aliphatic heterocycles. The van der Waals surface area contributed by atoms with Gasteiger partial charge in [0.25, 0.3) is 11.5 Å². The van der Waals surface area contributed by atoms with Gasteiger partial charge in [-0.25, -0.2) is 0 Å². The molecule has 4 heterocycles. The molecule has 156 valence electrons. The largest absolute Gasteiger partial charge is 0.350 e. The van der Waals surface area contributed by atoms with E-state index < -0.39 is 0 Å². The van der Waals surface area contributed by atoms with Gasteiger partial charge in [-0.15, -0.1) is 0 Å². The minimum Gasteiger partial charge on any atom is -0.350 e. The van der Waals surface area contributed by atoms with Crippen molar-refractivity contribution in [3.05, 3.63) is 33.2 Å². The number of piperidine rings is 3. The van der Waals surface area contributed by atoms with E-state index in [1.165, 1.54) is 0 Å². The van der Waals surface area contributed by atoms with Crippen LogP contribution in [-0.2, 0) is 17.6 Å². The number of rotatable bonds is 3. The highest BCUT2D eigenvalue weighted by Crippen LogP contribution is 2.39. The second-order valence-corrected chi connectivity index (χ2v) is 9.18. The summed E-state index contributed by atoms with van der Waals surface area (Å²) >= 11 is 0. The molecule has 0 spiro atoms. The summed E-state index contributed by atoms with van der Waals surface area (Å²) in [7, 11) is 0. The van der Waals surface area contributed by atoms with Crippen LogP contribution in [0.5, 0.6) is 0 Å². The Kier molecular flexibility index (Phi) is 4.94. The zero-order valence-electron chi connectivity index (χ0n) is 16.8. The molecule has 0 saturated carbocycles. The molecular formula is C22H30N4O3. The number of amides is 2. The topological polar surface area (TPSA) is 94.3 Å². The van der Waals surface area contributed by atoms with Gasteiger partial charge >= 0.3 is 0 Å². The van der Waals surface area contributed by atoms with Crippen LogP contribution in [0.4, 0.5) is 0 Å². The summed E-state index contributed by atoms with van der Waals surface area (Å²) in [4.78, 5) is 43.0. The highest BCUT2D eigenvalue weighted by Gasteiger charge is 2.47. The Balaban J connectivity index is 1.34. The predicted octanol–water partition coefficient (Wildman–Crippen LogP) is 0.973. The van der Waals surface area contributed by atoms with Gasteiger partial charge in [0, 0.05) is 31.2 Å². The quantitative estimate of drug-likeness (QED) is 0.707. The number of fused-ring (bicyclic) bond motifs is 5. The van der Waals surface area contributed by atoms with Gasteiger partial charge in [-0.1, -0.05) is 0 Å². The van der Waals surface area contributed by atoms with E-state index in [-0.39, 0.29) is 35.0 Å². The summed E-state index contributed by atoms with van der Waals surface area (Å²) in [5.74, 6) is 0.776. The van der Waals surface area contributed by atoms with E-state index >= 15 is 0 Å². The standard InChI is InChI=1S/C22H30N4O3/c27-20-7-3-6-18-14-8-15(11-23-10-14)19(26(18)20)12-24-21(28)16-9-13-4-1-2-5-17(13)25-22(16)29/h9,14-15,18-19,23H,1-8,10-12H2,(H,24,28)(H,25,29)/t14-,15+,18+,19+/m1/s1. The monoisotopic (exact) mass is 398 g/mol. The Morgan fingerprint density at radius 2 is 1.93 bits per heavy atom. The SMILES string of the molecule is O=C(NC[C@H]1[C@@H]2CNC[C@@H](C2)[C@@H]2CCCC(=O)N21)c1cc2c([nH]c1=O)CCCC2. The normalized spacial score (nSPS) is 31.0. The average Bonchev–Trinajstić information content (AvgIpc) is 2.73. The highest BCUT2D eigenvalue weighted by atomic mass is 16.2. The molecule has 2 amide bonds. The van der Waals surface area contributed by atoms with Crippen LogP contribution in [0.15, 0.2) is 10.9 Å². The molecule has 0 aromatic carbocycles. The van der Waals surface area contributed by atoms with Gasteiger partial charge in [0.2, 0.25) is 5.91 Å². The van der Waals surface area contributed by atoms with Crippen LogP contribution in [0.25, 0.3) is 0 Å². The maximum Gasteiger partial charge on any atom is 0.261 e. The summed E-state index contributed by atoms with van der Waals surface area (Å²) in [6, 6.07) is 2.07. The van der Waals surface area contributed by atoms with E-state index in [1.807, 2.05) is 0 Å². The van der Waals surface area contributed by atoms with Crippen molar-refractivity contribution < 1.29 is 9.59 Å². The fourth-order valence-corrected chi connectivity index (χ4v) is 6.03. The first-order chi connectivity index (χ1) is 14.1. The number of carbonyl (C=O) groups is 2. The van der Waals surface area contributed by atoms with Crippen LogP contribution in [-0.4, -0.2) is 53.4 Å². The summed E-state index contributed by atoms with van der Waals surface area (Å²) < 4.78 is 0. The smallest absolute Gasteiger partial charge is 0.261 e. The summed E-state index contributed by atoms with van der Waals surface area (Å²) in [6.07, 6.45) is 7.70. The second kappa shape index (κ2) is 7.59. The van der Waals surface area contributed by atoms with Crippen LogP contribution < -0.4 is 16.2 Å². The lowest BCUT2D eigenvalue weighted by Crippen LogP contribution is -2.66. The van der Waals surface area contributed by atoms with Crippen molar-refractivity contribution >= 4 is 11.8 Å². The Labute approximate surface area is 170 Å². The van der Waals surface area contributed by atoms with Crippen molar-refractivity contribution in [1.29, 1.82) is 0 Å². The number of H-pyrrole nitrogens is 1. The zero-order chi connectivity index (χ0) is 20.0. The van der Waals surface area contributed by atoms with E-state index in [4.69, 9.17) is 0 Å². The maximum absolute atomic E-state index is 12.9. The third-order valence-corrected chi connectivity index (χ3v) is 7.45. The van der Waals surface area contributed by atoms with Gasteiger partial charge in [0.05, 0.1) is 6.04 Å². The molecular weight excluding hydrogens is 368 g/mol. The molecule has 2 bridgehead atoms. The van der Waals surface area contributed by atoms with Crippen LogP contribution in [0, 0.1) is 11.8 Å². The Hall–Kier alpha value is -2.15. The molecule has 7 nitrogen and oxygen atoms in total. The highest BCUT2D eigenvalue weighted by molar-refractivity contribution is 5.94. The fraction of sp³-hybridized carbons (Fsp3) is 0.682. The molecule has 3 saturated heterocycles. The molecule has 0 unspecified atom stereocenters. The Morgan fingerprint density at radius 3 is 2.83 bits per heavy atom. The van der Waals surface area contributed by atoms with E-state index in [1.54, 1.807) is 6.07 Å². The zero-order valence-corrected chi connectivity index (χ0v) is 16.8. The first-order valence-electron chi connectivity index (χ1n) is 11.2. The van der Waals surface area contributed by atoms with Gasteiger partial charge in [0.15, 0.2) is 0 Å².